The van der Waals surface area contributed by atoms with Crippen LogP contribution in [0.15, 0.2) is 28.7 Å². The molecule has 1 heterocycles. The number of carbonyl (C=O) groups excluding carboxylic acids is 3. The molecule has 0 bridgehead atoms. The Morgan fingerprint density at radius 2 is 2.03 bits per heavy atom. The van der Waals surface area contributed by atoms with Gasteiger partial charge in [-0.25, -0.2) is 5.06 Å². The number of fused-ring (bicyclic) bond motifs is 1. The van der Waals surface area contributed by atoms with Crippen LogP contribution in [-0.4, -0.2) is 48.3 Å². The van der Waals surface area contributed by atoms with E-state index in [2.05, 4.69) is 17.6 Å². The molecule has 31 heavy (non-hydrogen) atoms. The summed E-state index contributed by atoms with van der Waals surface area (Å²) < 4.78 is 10.8. The number of nitrogens with zero attached hydrogens (tertiary/aromatic N) is 1. The van der Waals surface area contributed by atoms with Gasteiger partial charge < -0.3 is 19.8 Å². The number of hydrogen-bond donors (Lipinski definition) is 3. The molecule has 9 nitrogen and oxygen atoms in total. The zero-order valence-corrected chi connectivity index (χ0v) is 18.2. The standard InChI is InChI=1S/C22H31N3O6/c1-4-6-7-10-16(17(5-2)25(29)14-26)21(27)23-13-24-22(28)19-12-15-9-8-11-18(30-3)20(15)31-19/h8-9,11-12,14,16-17,29H,4-7,10,13H2,1-3H3,(H,23,27)(H,24,28)/t16-,17-/m1/s1. The molecule has 2 aromatic rings. The van der Waals surface area contributed by atoms with Gasteiger partial charge in [0.25, 0.3) is 5.91 Å². The van der Waals surface area contributed by atoms with E-state index in [-0.39, 0.29) is 18.3 Å². The Kier molecular flexibility index (Phi) is 9.33. The molecular weight excluding hydrogens is 402 g/mol. The fraction of sp³-hybridized carbons (Fsp3) is 0.500. The summed E-state index contributed by atoms with van der Waals surface area (Å²) in [4.78, 5) is 36.2. The Labute approximate surface area is 181 Å². The number of carbonyl (C=O) groups is 3. The van der Waals surface area contributed by atoms with E-state index in [9.17, 15) is 19.6 Å². The second-order valence-electron chi connectivity index (χ2n) is 7.28. The molecule has 0 fully saturated rings. The number of nitrogens with one attached hydrogen (secondary N) is 2. The van der Waals surface area contributed by atoms with Gasteiger partial charge in [0.15, 0.2) is 17.1 Å². The van der Waals surface area contributed by atoms with Crippen molar-refractivity contribution < 1.29 is 28.7 Å². The maximum Gasteiger partial charge on any atom is 0.288 e. The summed E-state index contributed by atoms with van der Waals surface area (Å²) in [5.74, 6) is -0.782. The van der Waals surface area contributed by atoms with Crippen molar-refractivity contribution in [3.05, 3.63) is 30.0 Å². The number of hydrogen-bond acceptors (Lipinski definition) is 6. The molecular formula is C22H31N3O6. The number of furan rings is 1. The monoisotopic (exact) mass is 433 g/mol. The Bertz CT molecular complexity index is 881. The number of unbranched alkanes of at least 4 members (excludes halogenated alkanes) is 2. The molecule has 3 amide bonds. The third kappa shape index (κ3) is 6.21. The van der Waals surface area contributed by atoms with Gasteiger partial charge in [0.1, 0.15) is 0 Å². The Hall–Kier alpha value is -3.07. The van der Waals surface area contributed by atoms with Crippen LogP contribution in [0.1, 0.15) is 56.5 Å². The molecule has 0 unspecified atom stereocenters. The van der Waals surface area contributed by atoms with Crippen LogP contribution in [0.2, 0.25) is 0 Å². The number of para-hydroxylation sites is 1. The first kappa shape index (κ1) is 24.2. The third-order valence-corrected chi connectivity index (χ3v) is 5.25. The van der Waals surface area contributed by atoms with Crippen LogP contribution >= 0.6 is 0 Å². The first-order valence-corrected chi connectivity index (χ1v) is 10.5. The van der Waals surface area contributed by atoms with Crippen LogP contribution < -0.4 is 15.4 Å². The van der Waals surface area contributed by atoms with Gasteiger partial charge in [0, 0.05) is 5.39 Å². The van der Waals surface area contributed by atoms with E-state index >= 15 is 0 Å². The highest BCUT2D eigenvalue weighted by molar-refractivity contribution is 5.97. The van der Waals surface area contributed by atoms with Crippen molar-refractivity contribution in [2.24, 2.45) is 5.92 Å². The molecule has 0 aliphatic carbocycles. The molecule has 170 valence electrons. The first-order chi connectivity index (χ1) is 15.0. The molecule has 0 aliphatic rings. The van der Waals surface area contributed by atoms with Crippen molar-refractivity contribution >= 4 is 29.2 Å². The van der Waals surface area contributed by atoms with Crippen LogP contribution in [0.3, 0.4) is 0 Å². The van der Waals surface area contributed by atoms with Crippen LogP contribution in [0.4, 0.5) is 0 Å². The maximum atomic E-state index is 12.7. The number of amides is 3. The lowest BCUT2D eigenvalue weighted by molar-refractivity contribution is -0.168. The zero-order chi connectivity index (χ0) is 22.8. The van der Waals surface area contributed by atoms with Crippen molar-refractivity contribution in [2.45, 2.75) is 52.0 Å². The minimum atomic E-state index is -0.632. The van der Waals surface area contributed by atoms with Crippen LogP contribution in [0.25, 0.3) is 11.0 Å². The Morgan fingerprint density at radius 3 is 2.68 bits per heavy atom. The topological polar surface area (TPSA) is 121 Å². The molecule has 9 heteroatoms. The van der Waals surface area contributed by atoms with Crippen molar-refractivity contribution in [3.63, 3.8) is 0 Å². The summed E-state index contributed by atoms with van der Waals surface area (Å²) in [5, 5.41) is 16.4. The van der Waals surface area contributed by atoms with Crippen LogP contribution in [-0.2, 0) is 9.59 Å². The second kappa shape index (κ2) is 11.9. The van der Waals surface area contributed by atoms with E-state index in [4.69, 9.17) is 9.15 Å². The fourth-order valence-electron chi connectivity index (χ4n) is 3.59. The average Bonchev–Trinajstić information content (AvgIpc) is 3.22. The molecule has 0 saturated heterocycles. The fourth-order valence-corrected chi connectivity index (χ4v) is 3.59. The largest absolute Gasteiger partial charge is 0.493 e. The number of methoxy groups -OCH3 is 1. The molecule has 2 rings (SSSR count). The number of hydroxylamine groups is 2. The summed E-state index contributed by atoms with van der Waals surface area (Å²) in [7, 11) is 1.52. The predicted molar refractivity (Wildman–Crippen MR) is 115 cm³/mol. The lowest BCUT2D eigenvalue weighted by atomic mass is 9.90. The van der Waals surface area contributed by atoms with Crippen molar-refractivity contribution in [1.29, 1.82) is 0 Å². The molecule has 0 radical (unpaired) electrons. The molecule has 3 N–H and O–H groups in total. The van der Waals surface area contributed by atoms with Gasteiger partial charge in [-0.15, -0.1) is 0 Å². The highest BCUT2D eigenvalue weighted by atomic mass is 16.5. The molecule has 2 atom stereocenters. The van der Waals surface area contributed by atoms with E-state index < -0.39 is 17.9 Å². The van der Waals surface area contributed by atoms with Gasteiger partial charge in [-0.05, 0) is 25.0 Å². The highest BCUT2D eigenvalue weighted by Gasteiger charge is 2.30. The van der Waals surface area contributed by atoms with Crippen molar-refractivity contribution in [1.82, 2.24) is 15.7 Å². The predicted octanol–water partition coefficient (Wildman–Crippen LogP) is 3.07. The Morgan fingerprint density at radius 1 is 1.26 bits per heavy atom. The van der Waals surface area contributed by atoms with E-state index in [1.807, 2.05) is 0 Å². The summed E-state index contributed by atoms with van der Waals surface area (Å²) in [6, 6.07) is 6.31. The molecule has 0 saturated carbocycles. The van der Waals surface area contributed by atoms with Crippen LogP contribution in [0, 0.1) is 5.92 Å². The van der Waals surface area contributed by atoms with Crippen LogP contribution in [0.5, 0.6) is 5.75 Å². The van der Waals surface area contributed by atoms with E-state index in [0.29, 0.717) is 35.6 Å². The van der Waals surface area contributed by atoms with Crippen molar-refractivity contribution in [3.8, 4) is 5.75 Å². The lowest BCUT2D eigenvalue weighted by Crippen LogP contribution is -2.47. The number of rotatable bonds is 13. The summed E-state index contributed by atoms with van der Waals surface area (Å²) >= 11 is 0. The maximum absolute atomic E-state index is 12.7. The van der Waals surface area contributed by atoms with Crippen molar-refractivity contribution in [2.75, 3.05) is 13.8 Å². The minimum Gasteiger partial charge on any atom is -0.493 e. The van der Waals surface area contributed by atoms with Gasteiger partial charge in [0.2, 0.25) is 12.3 Å². The zero-order valence-electron chi connectivity index (χ0n) is 18.2. The molecule has 1 aromatic carbocycles. The molecule has 0 spiro atoms. The summed E-state index contributed by atoms with van der Waals surface area (Å²) in [6.07, 6.45) is 3.99. The van der Waals surface area contributed by atoms with E-state index in [1.54, 1.807) is 31.2 Å². The van der Waals surface area contributed by atoms with Gasteiger partial charge in [-0.1, -0.05) is 45.2 Å². The summed E-state index contributed by atoms with van der Waals surface area (Å²) in [6.45, 7) is 3.74. The smallest absolute Gasteiger partial charge is 0.288 e. The third-order valence-electron chi connectivity index (χ3n) is 5.25. The number of benzene rings is 1. The average molecular weight is 434 g/mol. The highest BCUT2D eigenvalue weighted by Crippen LogP contribution is 2.28. The quantitative estimate of drug-likeness (QED) is 0.147. The van der Waals surface area contributed by atoms with E-state index in [1.165, 1.54) is 7.11 Å². The second-order valence-corrected chi connectivity index (χ2v) is 7.28. The lowest BCUT2D eigenvalue weighted by Gasteiger charge is -2.29. The number of ether oxygens (including phenoxy) is 1. The van der Waals surface area contributed by atoms with Gasteiger partial charge in [-0.3, -0.25) is 19.6 Å². The minimum absolute atomic E-state index is 0.0992. The molecule has 0 aliphatic heterocycles. The van der Waals surface area contributed by atoms with Gasteiger partial charge in [-0.2, -0.15) is 0 Å². The molecule has 1 aromatic heterocycles. The van der Waals surface area contributed by atoms with E-state index in [0.717, 1.165) is 24.6 Å². The normalized spacial score (nSPS) is 12.8. The SMILES string of the molecule is CCCCC[C@@H](C(=O)NCNC(=O)c1cc2cccc(OC)c2o1)[C@@H](CC)N(O)C=O. The summed E-state index contributed by atoms with van der Waals surface area (Å²) in [5.41, 5.74) is 0.470. The van der Waals surface area contributed by atoms with Gasteiger partial charge >= 0.3 is 0 Å². The first-order valence-electron chi connectivity index (χ1n) is 10.5. The Balaban J connectivity index is 1.99. The van der Waals surface area contributed by atoms with Gasteiger partial charge in [0.05, 0.1) is 25.7 Å².